The van der Waals surface area contributed by atoms with Crippen LogP contribution in [0, 0.1) is 0 Å². The quantitative estimate of drug-likeness (QED) is 0.873. The minimum Gasteiger partial charge on any atom is -0.350 e. The van der Waals surface area contributed by atoms with Gasteiger partial charge in [0.25, 0.3) is 0 Å². The molecule has 7 heteroatoms. The summed E-state index contributed by atoms with van der Waals surface area (Å²) in [6, 6.07) is 0. The Morgan fingerprint density at radius 1 is 1.50 bits per heavy atom. The number of thiazole rings is 1. The normalized spacial score (nSPS) is 10.2. The molecule has 0 saturated carbocycles. The van der Waals surface area contributed by atoms with Crippen molar-refractivity contribution in [1.82, 2.24) is 10.3 Å². The Morgan fingerprint density at radius 2 is 2.11 bits per heavy atom. The average Bonchev–Trinajstić information content (AvgIpc) is 2.64. The van der Waals surface area contributed by atoms with Crippen LogP contribution in [0.5, 0.6) is 0 Å². The van der Waals surface area contributed by atoms with Crippen molar-refractivity contribution in [2.45, 2.75) is 39.2 Å². The Morgan fingerprint density at radius 3 is 2.56 bits per heavy atom. The number of nitrogens with one attached hydrogen (secondary N) is 1. The van der Waals surface area contributed by atoms with Gasteiger partial charge in [0.2, 0.25) is 5.91 Å². The Balaban J connectivity index is 0. The summed E-state index contributed by atoms with van der Waals surface area (Å²) in [7, 11) is 0. The molecule has 0 aliphatic carbocycles. The summed E-state index contributed by atoms with van der Waals surface area (Å²) >= 11 is 1.60. The van der Waals surface area contributed by atoms with E-state index < -0.39 is 0 Å². The molecule has 0 radical (unpaired) electrons. The molecule has 1 aromatic rings. The fraction of sp³-hybridized carbons (Fsp3) is 0.636. The minimum absolute atomic E-state index is 0. The maximum Gasteiger partial charge on any atom is 0.226 e. The van der Waals surface area contributed by atoms with E-state index in [2.05, 4.69) is 17.2 Å². The number of nitrogens with zero attached hydrogens (tertiary/aromatic N) is 1. The molecule has 1 heterocycles. The van der Waals surface area contributed by atoms with E-state index in [9.17, 15) is 4.79 Å². The smallest absolute Gasteiger partial charge is 0.226 e. The van der Waals surface area contributed by atoms with Gasteiger partial charge >= 0.3 is 0 Å². The summed E-state index contributed by atoms with van der Waals surface area (Å²) in [4.78, 5) is 16.0. The molecule has 106 valence electrons. The molecule has 0 fully saturated rings. The first-order chi connectivity index (χ1) is 7.46. The zero-order chi connectivity index (χ0) is 12.2. The van der Waals surface area contributed by atoms with Crippen LogP contribution < -0.4 is 11.1 Å². The second kappa shape index (κ2) is 8.69. The van der Waals surface area contributed by atoms with Crippen LogP contribution in [0.3, 0.4) is 0 Å². The van der Waals surface area contributed by atoms with Crippen LogP contribution in [0.4, 0.5) is 0 Å². The van der Waals surface area contributed by atoms with E-state index in [1.165, 1.54) is 0 Å². The third kappa shape index (κ3) is 6.54. The summed E-state index contributed by atoms with van der Waals surface area (Å²) in [5, 5.41) is 5.89. The van der Waals surface area contributed by atoms with Crippen LogP contribution in [0.15, 0.2) is 5.38 Å². The third-order valence-electron chi connectivity index (χ3n) is 2.23. The Hall–Kier alpha value is -0.360. The maximum atomic E-state index is 11.7. The highest BCUT2D eigenvalue weighted by Crippen LogP contribution is 2.11. The molecule has 18 heavy (non-hydrogen) atoms. The average molecular weight is 314 g/mol. The fourth-order valence-electron chi connectivity index (χ4n) is 1.23. The van der Waals surface area contributed by atoms with Crippen LogP contribution in [-0.4, -0.2) is 23.0 Å². The highest BCUT2D eigenvalue weighted by Gasteiger charge is 2.18. The van der Waals surface area contributed by atoms with Crippen molar-refractivity contribution >= 4 is 42.1 Å². The van der Waals surface area contributed by atoms with E-state index in [0.717, 1.165) is 17.1 Å². The minimum atomic E-state index is -0.347. The number of hydrogen-bond acceptors (Lipinski definition) is 4. The SMILES string of the molecule is CCc1nc(CC(=O)NC(C)(C)CN)cs1.Cl.Cl. The van der Waals surface area contributed by atoms with Gasteiger partial charge in [0.05, 0.1) is 17.1 Å². The first kappa shape index (κ1) is 20.0. The predicted molar refractivity (Wildman–Crippen MR) is 81.0 cm³/mol. The van der Waals surface area contributed by atoms with Crippen LogP contribution in [-0.2, 0) is 17.6 Å². The van der Waals surface area contributed by atoms with Crippen LogP contribution >= 0.6 is 36.2 Å². The Bertz CT molecular complexity index is 369. The van der Waals surface area contributed by atoms with Crippen molar-refractivity contribution in [2.75, 3.05) is 6.54 Å². The molecule has 0 aromatic carbocycles. The zero-order valence-electron chi connectivity index (χ0n) is 10.9. The summed E-state index contributed by atoms with van der Waals surface area (Å²) < 4.78 is 0. The van der Waals surface area contributed by atoms with E-state index in [-0.39, 0.29) is 36.3 Å². The van der Waals surface area contributed by atoms with Crippen LogP contribution in [0.1, 0.15) is 31.5 Å². The number of carbonyl (C=O) groups is 1. The number of amides is 1. The molecule has 0 aliphatic heterocycles. The Kier molecular flexibility index (Phi) is 9.64. The molecular formula is C11H21Cl2N3OS. The molecule has 3 N–H and O–H groups in total. The molecule has 0 unspecified atom stereocenters. The van der Waals surface area contributed by atoms with Crippen molar-refractivity contribution in [2.24, 2.45) is 5.73 Å². The van der Waals surface area contributed by atoms with Gasteiger partial charge in [-0.1, -0.05) is 6.92 Å². The lowest BCUT2D eigenvalue weighted by molar-refractivity contribution is -0.121. The van der Waals surface area contributed by atoms with Crippen molar-refractivity contribution in [3.05, 3.63) is 16.1 Å². The molecule has 1 rings (SSSR count). The molecular weight excluding hydrogens is 293 g/mol. The topological polar surface area (TPSA) is 68.0 Å². The van der Waals surface area contributed by atoms with Gasteiger partial charge in [0, 0.05) is 17.5 Å². The van der Waals surface area contributed by atoms with Crippen molar-refractivity contribution in [3.8, 4) is 0 Å². The predicted octanol–water partition coefficient (Wildman–Crippen LogP) is 1.95. The van der Waals surface area contributed by atoms with Crippen molar-refractivity contribution < 1.29 is 4.79 Å². The first-order valence-electron chi connectivity index (χ1n) is 5.41. The van der Waals surface area contributed by atoms with Gasteiger partial charge in [-0.05, 0) is 20.3 Å². The molecule has 0 spiro atoms. The summed E-state index contributed by atoms with van der Waals surface area (Å²) in [5.74, 6) is -0.0246. The van der Waals surface area contributed by atoms with Gasteiger partial charge in [-0.15, -0.1) is 36.2 Å². The fourth-order valence-corrected chi connectivity index (χ4v) is 1.97. The van der Waals surface area contributed by atoms with E-state index in [0.29, 0.717) is 13.0 Å². The summed E-state index contributed by atoms with van der Waals surface area (Å²) in [5.41, 5.74) is 6.04. The number of carbonyl (C=O) groups excluding carboxylic acids is 1. The van der Waals surface area contributed by atoms with Gasteiger partial charge in [-0.25, -0.2) is 4.98 Å². The first-order valence-corrected chi connectivity index (χ1v) is 6.29. The number of halogens is 2. The molecule has 1 aromatic heterocycles. The molecule has 4 nitrogen and oxygen atoms in total. The molecule has 0 atom stereocenters. The van der Waals surface area contributed by atoms with E-state index >= 15 is 0 Å². The van der Waals surface area contributed by atoms with Crippen LogP contribution in [0.25, 0.3) is 0 Å². The maximum absolute atomic E-state index is 11.7. The van der Waals surface area contributed by atoms with Crippen LogP contribution in [0.2, 0.25) is 0 Å². The largest absolute Gasteiger partial charge is 0.350 e. The van der Waals surface area contributed by atoms with Gasteiger partial charge in [-0.3, -0.25) is 4.79 Å². The number of nitrogens with two attached hydrogens (primary N) is 1. The highest BCUT2D eigenvalue weighted by molar-refractivity contribution is 7.09. The van der Waals surface area contributed by atoms with Gasteiger partial charge < -0.3 is 11.1 Å². The molecule has 0 saturated heterocycles. The number of rotatable bonds is 5. The molecule has 0 bridgehead atoms. The van der Waals surface area contributed by atoms with Crippen molar-refractivity contribution in [3.63, 3.8) is 0 Å². The second-order valence-electron chi connectivity index (χ2n) is 4.40. The zero-order valence-corrected chi connectivity index (χ0v) is 13.3. The van der Waals surface area contributed by atoms with Gasteiger partial charge in [0.15, 0.2) is 0 Å². The lowest BCUT2D eigenvalue weighted by Gasteiger charge is -2.23. The van der Waals surface area contributed by atoms with E-state index in [1.54, 1.807) is 11.3 Å². The Labute approximate surface area is 125 Å². The van der Waals surface area contributed by atoms with Gasteiger partial charge in [-0.2, -0.15) is 0 Å². The molecule has 1 amide bonds. The monoisotopic (exact) mass is 313 g/mol. The third-order valence-corrected chi connectivity index (χ3v) is 3.27. The number of aryl methyl sites for hydroxylation is 1. The van der Waals surface area contributed by atoms with Gasteiger partial charge in [0.1, 0.15) is 0 Å². The van der Waals surface area contributed by atoms with E-state index in [1.807, 2.05) is 19.2 Å². The van der Waals surface area contributed by atoms with E-state index in [4.69, 9.17) is 5.73 Å². The second-order valence-corrected chi connectivity index (χ2v) is 5.34. The standard InChI is InChI=1S/C11H19N3OS.2ClH/c1-4-10-13-8(6-16-10)5-9(15)14-11(2,3)7-12;;/h6H,4-5,7,12H2,1-3H3,(H,14,15);2*1H. The molecule has 0 aliphatic rings. The lowest BCUT2D eigenvalue weighted by atomic mass is 10.1. The summed E-state index contributed by atoms with van der Waals surface area (Å²) in [6.07, 6.45) is 1.25. The van der Waals surface area contributed by atoms with Crippen molar-refractivity contribution in [1.29, 1.82) is 0 Å². The highest BCUT2D eigenvalue weighted by atomic mass is 35.5. The summed E-state index contributed by atoms with van der Waals surface area (Å²) in [6.45, 7) is 6.29. The number of hydrogen-bond donors (Lipinski definition) is 2. The number of aromatic nitrogens is 1. The lowest BCUT2D eigenvalue weighted by Crippen LogP contribution is -2.49.